The number of aldehydes is 1. The van der Waals surface area contributed by atoms with Crippen molar-refractivity contribution < 1.29 is 23.8 Å². The third-order valence-corrected chi connectivity index (χ3v) is 4.34. The van der Waals surface area contributed by atoms with Crippen LogP contribution in [0, 0.1) is 0 Å². The summed E-state index contributed by atoms with van der Waals surface area (Å²) in [6.45, 7) is 1.71. The predicted molar refractivity (Wildman–Crippen MR) is 79.5 cm³/mol. The Morgan fingerprint density at radius 3 is 2.73 bits per heavy atom. The van der Waals surface area contributed by atoms with Gasteiger partial charge in [0.25, 0.3) is 0 Å². The van der Waals surface area contributed by atoms with Crippen molar-refractivity contribution >= 4 is 12.3 Å². The molecule has 0 spiro atoms. The molecular weight excluding hydrogens is 284 g/mol. The van der Waals surface area contributed by atoms with Crippen molar-refractivity contribution in [2.75, 3.05) is 7.11 Å². The average Bonchev–Trinajstić information content (AvgIpc) is 3.14. The molecule has 1 aliphatic heterocycles. The highest BCUT2D eigenvalue weighted by atomic mass is 16.5. The van der Waals surface area contributed by atoms with Gasteiger partial charge in [-0.2, -0.15) is 0 Å². The van der Waals surface area contributed by atoms with Gasteiger partial charge in [0, 0.05) is 12.0 Å². The molecule has 1 heterocycles. The first-order valence-electron chi connectivity index (χ1n) is 7.62. The zero-order valence-electron chi connectivity index (χ0n) is 12.9. The maximum Gasteiger partial charge on any atom is 0.338 e. The van der Waals surface area contributed by atoms with E-state index in [9.17, 15) is 9.59 Å². The van der Waals surface area contributed by atoms with Crippen LogP contribution in [0.5, 0.6) is 11.5 Å². The summed E-state index contributed by atoms with van der Waals surface area (Å²) in [6, 6.07) is 3.43. The molecule has 22 heavy (non-hydrogen) atoms. The van der Waals surface area contributed by atoms with E-state index in [1.165, 1.54) is 20.0 Å². The van der Waals surface area contributed by atoms with Crippen LogP contribution in [0.15, 0.2) is 12.1 Å². The molecule has 0 radical (unpaired) electrons. The minimum Gasteiger partial charge on any atom is -0.487 e. The van der Waals surface area contributed by atoms with Crippen molar-refractivity contribution in [3.8, 4) is 11.5 Å². The van der Waals surface area contributed by atoms with Crippen LogP contribution in [0.3, 0.4) is 0 Å². The van der Waals surface area contributed by atoms with Gasteiger partial charge in [0.1, 0.15) is 0 Å². The van der Waals surface area contributed by atoms with Crippen molar-refractivity contribution in [1.82, 2.24) is 0 Å². The third kappa shape index (κ3) is 2.56. The molecule has 5 nitrogen and oxygen atoms in total. The van der Waals surface area contributed by atoms with Gasteiger partial charge < -0.3 is 14.2 Å². The molecule has 2 aliphatic rings. The number of ether oxygens (including phenoxy) is 3. The lowest BCUT2D eigenvalue weighted by atomic mass is 9.96. The second-order valence-electron chi connectivity index (χ2n) is 6.14. The van der Waals surface area contributed by atoms with Gasteiger partial charge in [0.05, 0.1) is 18.8 Å². The second kappa shape index (κ2) is 5.63. The fraction of sp³-hybridized carbons (Fsp3) is 0.529. The highest BCUT2D eigenvalue weighted by Gasteiger charge is 2.40. The molecular formula is C17H20O5. The van der Waals surface area contributed by atoms with Crippen LogP contribution in [0.2, 0.25) is 0 Å². The molecule has 1 aliphatic carbocycles. The standard InChI is InChI=1S/C17H20O5/c1-17(10-18)9-13-12(16(19)20-2)7-8-14(15(13)22-17)21-11-5-3-4-6-11/h7-8,10-11H,3-6,9H2,1-2H3. The third-order valence-electron chi connectivity index (χ3n) is 4.34. The average molecular weight is 304 g/mol. The summed E-state index contributed by atoms with van der Waals surface area (Å²) in [5.41, 5.74) is 0.166. The Balaban J connectivity index is 1.98. The maximum absolute atomic E-state index is 11.9. The summed E-state index contributed by atoms with van der Waals surface area (Å²) in [5, 5.41) is 0. The largest absolute Gasteiger partial charge is 0.487 e. The number of benzene rings is 1. The Morgan fingerprint density at radius 1 is 1.36 bits per heavy atom. The zero-order valence-corrected chi connectivity index (χ0v) is 12.9. The van der Waals surface area contributed by atoms with E-state index >= 15 is 0 Å². The minimum atomic E-state index is -0.958. The quantitative estimate of drug-likeness (QED) is 0.632. The van der Waals surface area contributed by atoms with E-state index in [4.69, 9.17) is 14.2 Å². The molecule has 1 atom stereocenters. The van der Waals surface area contributed by atoms with E-state index in [1.54, 1.807) is 19.1 Å². The lowest BCUT2D eigenvalue weighted by molar-refractivity contribution is -0.119. The van der Waals surface area contributed by atoms with Crippen LogP contribution in [-0.4, -0.2) is 31.1 Å². The van der Waals surface area contributed by atoms with Crippen molar-refractivity contribution in [2.24, 2.45) is 0 Å². The fourth-order valence-corrected chi connectivity index (χ4v) is 3.16. The monoisotopic (exact) mass is 304 g/mol. The zero-order chi connectivity index (χ0) is 15.7. The SMILES string of the molecule is COC(=O)c1ccc(OC2CCCC2)c2c1CC(C)(C=O)O2. The molecule has 1 aromatic rings. The molecule has 0 N–H and O–H groups in total. The molecule has 1 fully saturated rings. The van der Waals surface area contributed by atoms with Crippen LogP contribution in [-0.2, 0) is 16.0 Å². The van der Waals surface area contributed by atoms with Crippen LogP contribution in [0.1, 0.15) is 48.5 Å². The van der Waals surface area contributed by atoms with E-state index in [0.717, 1.165) is 19.1 Å². The summed E-state index contributed by atoms with van der Waals surface area (Å²) in [4.78, 5) is 23.2. The van der Waals surface area contributed by atoms with Crippen molar-refractivity contribution in [1.29, 1.82) is 0 Å². The molecule has 1 saturated carbocycles. The van der Waals surface area contributed by atoms with Crippen LogP contribution < -0.4 is 9.47 Å². The first kappa shape index (κ1) is 14.9. The summed E-state index contributed by atoms with van der Waals surface area (Å²) in [7, 11) is 1.34. The molecule has 0 aromatic heterocycles. The van der Waals surface area contributed by atoms with Gasteiger partial charge >= 0.3 is 5.97 Å². The van der Waals surface area contributed by atoms with Crippen LogP contribution in [0.4, 0.5) is 0 Å². The van der Waals surface area contributed by atoms with E-state index < -0.39 is 11.6 Å². The summed E-state index contributed by atoms with van der Waals surface area (Å²) >= 11 is 0. The second-order valence-corrected chi connectivity index (χ2v) is 6.14. The summed E-state index contributed by atoms with van der Waals surface area (Å²) in [6.07, 6.45) is 5.68. The van der Waals surface area contributed by atoms with E-state index in [0.29, 0.717) is 29.0 Å². The first-order chi connectivity index (χ1) is 10.6. The highest BCUT2D eigenvalue weighted by Crippen LogP contribution is 2.44. The fourth-order valence-electron chi connectivity index (χ4n) is 3.16. The Bertz CT molecular complexity index is 603. The van der Waals surface area contributed by atoms with Crippen molar-refractivity contribution in [2.45, 2.75) is 50.7 Å². The van der Waals surface area contributed by atoms with Crippen molar-refractivity contribution in [3.05, 3.63) is 23.3 Å². The Morgan fingerprint density at radius 2 is 2.09 bits per heavy atom. The number of rotatable bonds is 4. The summed E-state index contributed by atoms with van der Waals surface area (Å²) in [5.74, 6) is 0.687. The number of fused-ring (bicyclic) bond motifs is 1. The molecule has 118 valence electrons. The lowest BCUT2D eigenvalue weighted by Gasteiger charge is -2.19. The van der Waals surface area contributed by atoms with Gasteiger partial charge in [0.15, 0.2) is 23.4 Å². The Hall–Kier alpha value is -2.04. The van der Waals surface area contributed by atoms with E-state index in [1.807, 2.05) is 0 Å². The molecule has 1 aromatic carbocycles. The number of carbonyl (C=O) groups is 2. The maximum atomic E-state index is 11.9. The number of hydrogen-bond donors (Lipinski definition) is 0. The van der Waals surface area contributed by atoms with Crippen molar-refractivity contribution in [3.63, 3.8) is 0 Å². The normalized spacial score (nSPS) is 23.7. The van der Waals surface area contributed by atoms with Gasteiger partial charge in [0.2, 0.25) is 0 Å². The predicted octanol–water partition coefficient (Wildman–Crippen LogP) is 2.69. The van der Waals surface area contributed by atoms with Gasteiger partial charge in [-0.1, -0.05) is 0 Å². The summed E-state index contributed by atoms with van der Waals surface area (Å²) < 4.78 is 16.7. The smallest absolute Gasteiger partial charge is 0.338 e. The topological polar surface area (TPSA) is 61.8 Å². The molecule has 0 amide bonds. The number of hydrogen-bond acceptors (Lipinski definition) is 5. The van der Waals surface area contributed by atoms with Gasteiger partial charge in [-0.25, -0.2) is 4.79 Å². The highest BCUT2D eigenvalue weighted by molar-refractivity contribution is 5.93. The Kier molecular flexibility index (Phi) is 3.81. The molecule has 0 saturated heterocycles. The van der Waals surface area contributed by atoms with Gasteiger partial charge in [-0.3, -0.25) is 4.79 Å². The Labute approximate surface area is 129 Å². The number of carbonyl (C=O) groups excluding carboxylic acids is 2. The van der Waals surface area contributed by atoms with Crippen LogP contribution >= 0.6 is 0 Å². The van der Waals surface area contributed by atoms with E-state index in [2.05, 4.69) is 0 Å². The van der Waals surface area contributed by atoms with Gasteiger partial charge in [-0.05, 0) is 44.7 Å². The number of methoxy groups -OCH3 is 1. The molecule has 5 heteroatoms. The molecule has 0 bridgehead atoms. The minimum absolute atomic E-state index is 0.180. The molecule has 1 unspecified atom stereocenters. The van der Waals surface area contributed by atoms with Crippen LogP contribution in [0.25, 0.3) is 0 Å². The lowest BCUT2D eigenvalue weighted by Crippen LogP contribution is -2.32. The van der Waals surface area contributed by atoms with E-state index in [-0.39, 0.29) is 6.10 Å². The van der Waals surface area contributed by atoms with Gasteiger partial charge in [-0.15, -0.1) is 0 Å². The first-order valence-corrected chi connectivity index (χ1v) is 7.62. The number of esters is 1. The molecule has 3 rings (SSSR count).